The zero-order chi connectivity index (χ0) is 23.4. The molecule has 1 amide bonds. The number of amides is 1. The number of benzene rings is 3. The van der Waals surface area contributed by atoms with Crippen molar-refractivity contribution in [2.75, 3.05) is 20.1 Å². The first-order valence-electron chi connectivity index (χ1n) is 12.0. The van der Waals surface area contributed by atoms with E-state index < -0.39 is 0 Å². The van der Waals surface area contributed by atoms with Crippen molar-refractivity contribution in [1.29, 1.82) is 0 Å². The quantitative estimate of drug-likeness (QED) is 0.416. The molecule has 1 atom stereocenters. The van der Waals surface area contributed by atoms with E-state index in [1.54, 1.807) is 12.1 Å². The summed E-state index contributed by atoms with van der Waals surface area (Å²) >= 11 is 0. The molecule has 0 radical (unpaired) electrons. The molecule has 0 aromatic heterocycles. The summed E-state index contributed by atoms with van der Waals surface area (Å²) in [7, 11) is 1.92. The van der Waals surface area contributed by atoms with Crippen LogP contribution in [0.25, 0.3) is 11.1 Å². The SMILES string of the molecule is CCN(CC)Cc1ccc2c(c1)CCCC2N(C)C(=O)c1ccc(-c2ccc(F)cc2)cc1. The van der Waals surface area contributed by atoms with E-state index in [-0.39, 0.29) is 17.8 Å². The van der Waals surface area contributed by atoms with Crippen LogP contribution >= 0.6 is 0 Å². The highest BCUT2D eigenvalue weighted by Gasteiger charge is 2.27. The molecule has 4 heteroatoms. The first kappa shape index (κ1) is 23.2. The van der Waals surface area contributed by atoms with Crippen molar-refractivity contribution in [2.24, 2.45) is 0 Å². The lowest BCUT2D eigenvalue weighted by atomic mass is 9.85. The molecule has 1 unspecified atom stereocenters. The third-order valence-corrected chi connectivity index (χ3v) is 6.89. The lowest BCUT2D eigenvalue weighted by molar-refractivity contribution is 0.0715. The molecule has 3 aromatic rings. The van der Waals surface area contributed by atoms with Gasteiger partial charge in [-0.05, 0) is 84.4 Å². The minimum atomic E-state index is -0.250. The number of aryl methyl sites for hydroxylation is 1. The second kappa shape index (κ2) is 10.3. The minimum absolute atomic E-state index is 0.0331. The topological polar surface area (TPSA) is 23.6 Å². The van der Waals surface area contributed by atoms with Crippen LogP contribution in [0, 0.1) is 5.82 Å². The van der Waals surface area contributed by atoms with Gasteiger partial charge in [0, 0.05) is 19.2 Å². The molecule has 33 heavy (non-hydrogen) atoms. The van der Waals surface area contributed by atoms with Gasteiger partial charge in [-0.2, -0.15) is 0 Å². The van der Waals surface area contributed by atoms with Crippen LogP contribution in [0.5, 0.6) is 0 Å². The van der Waals surface area contributed by atoms with Gasteiger partial charge in [-0.15, -0.1) is 0 Å². The highest BCUT2D eigenvalue weighted by atomic mass is 19.1. The van der Waals surface area contributed by atoms with Crippen LogP contribution in [0.1, 0.15) is 59.8 Å². The van der Waals surface area contributed by atoms with E-state index in [9.17, 15) is 9.18 Å². The Morgan fingerprint density at radius 1 is 0.939 bits per heavy atom. The highest BCUT2D eigenvalue weighted by molar-refractivity contribution is 5.95. The first-order chi connectivity index (χ1) is 16.0. The maximum absolute atomic E-state index is 13.3. The van der Waals surface area contributed by atoms with Gasteiger partial charge in [-0.25, -0.2) is 4.39 Å². The highest BCUT2D eigenvalue weighted by Crippen LogP contribution is 2.35. The smallest absolute Gasteiger partial charge is 0.254 e. The van der Waals surface area contributed by atoms with Crippen LogP contribution in [-0.4, -0.2) is 35.8 Å². The van der Waals surface area contributed by atoms with Crippen LogP contribution in [-0.2, 0) is 13.0 Å². The number of halogens is 1. The van der Waals surface area contributed by atoms with Crippen molar-refractivity contribution in [3.05, 3.63) is 94.8 Å². The van der Waals surface area contributed by atoms with Gasteiger partial charge in [0.05, 0.1) is 6.04 Å². The molecule has 0 saturated heterocycles. The predicted octanol–water partition coefficient (Wildman–Crippen LogP) is 6.48. The van der Waals surface area contributed by atoms with E-state index >= 15 is 0 Å². The summed E-state index contributed by atoms with van der Waals surface area (Å²) in [6.45, 7) is 7.47. The molecule has 1 aliphatic rings. The monoisotopic (exact) mass is 444 g/mol. The third-order valence-electron chi connectivity index (χ3n) is 6.89. The van der Waals surface area contributed by atoms with Gasteiger partial charge in [0.2, 0.25) is 0 Å². The van der Waals surface area contributed by atoms with Gasteiger partial charge in [0.15, 0.2) is 0 Å². The van der Waals surface area contributed by atoms with E-state index in [1.807, 2.05) is 36.2 Å². The second-order valence-corrected chi connectivity index (χ2v) is 8.90. The van der Waals surface area contributed by atoms with Crippen molar-refractivity contribution in [3.63, 3.8) is 0 Å². The van der Waals surface area contributed by atoms with E-state index in [1.165, 1.54) is 28.8 Å². The molecule has 4 rings (SSSR count). The van der Waals surface area contributed by atoms with E-state index in [0.29, 0.717) is 5.56 Å². The molecule has 0 N–H and O–H groups in total. The maximum Gasteiger partial charge on any atom is 0.254 e. The Bertz CT molecular complexity index is 1090. The van der Waals surface area contributed by atoms with Gasteiger partial charge in [0.25, 0.3) is 5.91 Å². The van der Waals surface area contributed by atoms with Crippen molar-refractivity contribution in [2.45, 2.75) is 45.7 Å². The van der Waals surface area contributed by atoms with Gasteiger partial charge in [-0.3, -0.25) is 9.69 Å². The summed E-state index contributed by atoms with van der Waals surface area (Å²) in [4.78, 5) is 17.6. The molecule has 0 aliphatic heterocycles. The van der Waals surface area contributed by atoms with Crippen LogP contribution < -0.4 is 0 Å². The lowest BCUT2D eigenvalue weighted by Gasteiger charge is -2.34. The van der Waals surface area contributed by atoms with Crippen molar-refractivity contribution >= 4 is 5.91 Å². The van der Waals surface area contributed by atoms with Crippen LogP contribution in [0.2, 0.25) is 0 Å². The van der Waals surface area contributed by atoms with Gasteiger partial charge < -0.3 is 4.90 Å². The first-order valence-corrected chi connectivity index (χ1v) is 12.0. The summed E-state index contributed by atoms with van der Waals surface area (Å²) in [5.41, 5.74) is 6.59. The summed E-state index contributed by atoms with van der Waals surface area (Å²) < 4.78 is 13.2. The van der Waals surface area contributed by atoms with Gasteiger partial charge in [0.1, 0.15) is 5.82 Å². The molecule has 0 bridgehead atoms. The Hall–Kier alpha value is -2.98. The fourth-order valence-corrected chi connectivity index (χ4v) is 4.84. The normalized spacial score (nSPS) is 15.4. The summed E-state index contributed by atoms with van der Waals surface area (Å²) in [5, 5.41) is 0. The molecule has 3 aromatic carbocycles. The fourth-order valence-electron chi connectivity index (χ4n) is 4.84. The second-order valence-electron chi connectivity index (χ2n) is 8.90. The van der Waals surface area contributed by atoms with Crippen LogP contribution in [0.3, 0.4) is 0 Å². The molecular formula is C29H33FN2O. The Morgan fingerprint density at radius 2 is 1.58 bits per heavy atom. The number of hydrogen-bond donors (Lipinski definition) is 0. The van der Waals surface area contributed by atoms with E-state index in [0.717, 1.165) is 50.0 Å². The number of fused-ring (bicyclic) bond motifs is 1. The molecule has 172 valence electrons. The Balaban J connectivity index is 1.50. The van der Waals surface area contributed by atoms with Gasteiger partial charge >= 0.3 is 0 Å². The van der Waals surface area contributed by atoms with Crippen molar-refractivity contribution < 1.29 is 9.18 Å². The van der Waals surface area contributed by atoms with Crippen molar-refractivity contribution in [3.8, 4) is 11.1 Å². The summed E-state index contributed by atoms with van der Waals surface area (Å²) in [6.07, 6.45) is 3.15. The largest absolute Gasteiger partial charge is 0.335 e. The molecule has 0 fully saturated rings. The fraction of sp³-hybridized carbons (Fsp3) is 0.345. The number of rotatable bonds is 7. The number of nitrogens with zero attached hydrogens (tertiary/aromatic N) is 2. The van der Waals surface area contributed by atoms with E-state index in [2.05, 4.69) is 36.9 Å². The van der Waals surface area contributed by atoms with Gasteiger partial charge in [-0.1, -0.05) is 56.3 Å². The molecule has 1 aliphatic carbocycles. The lowest BCUT2D eigenvalue weighted by Crippen LogP contribution is -2.33. The average Bonchev–Trinajstić information content (AvgIpc) is 2.86. The molecule has 0 heterocycles. The standard InChI is InChI=1S/C29H33FN2O/c1-4-32(5-2)20-21-9-18-27-25(19-21)7-6-8-28(27)31(3)29(33)24-12-10-22(11-13-24)23-14-16-26(30)17-15-23/h9-19,28H,4-8,20H2,1-3H3. The maximum atomic E-state index is 13.3. The molecular weight excluding hydrogens is 411 g/mol. The Labute approximate surface area is 196 Å². The molecule has 0 saturated carbocycles. The summed E-state index contributed by atoms with van der Waals surface area (Å²) in [6, 6.07) is 20.9. The Kier molecular flexibility index (Phi) is 7.24. The predicted molar refractivity (Wildman–Crippen MR) is 133 cm³/mol. The number of carbonyl (C=O) groups excluding carboxylic acids is 1. The molecule has 3 nitrogen and oxygen atoms in total. The Morgan fingerprint density at radius 3 is 2.21 bits per heavy atom. The third kappa shape index (κ3) is 5.17. The molecule has 0 spiro atoms. The number of hydrogen-bond acceptors (Lipinski definition) is 2. The zero-order valence-corrected chi connectivity index (χ0v) is 19.9. The number of carbonyl (C=O) groups is 1. The average molecular weight is 445 g/mol. The van der Waals surface area contributed by atoms with E-state index in [4.69, 9.17) is 0 Å². The minimum Gasteiger partial charge on any atom is -0.335 e. The zero-order valence-electron chi connectivity index (χ0n) is 19.9. The van der Waals surface area contributed by atoms with Crippen LogP contribution in [0.15, 0.2) is 66.7 Å². The summed E-state index contributed by atoms with van der Waals surface area (Å²) in [5.74, 6) is -0.217. The van der Waals surface area contributed by atoms with Crippen LogP contribution in [0.4, 0.5) is 4.39 Å². The van der Waals surface area contributed by atoms with Crippen molar-refractivity contribution in [1.82, 2.24) is 9.80 Å².